The summed E-state index contributed by atoms with van der Waals surface area (Å²) in [6.07, 6.45) is 13.1. The van der Waals surface area contributed by atoms with Crippen LogP contribution in [0.3, 0.4) is 0 Å². The van der Waals surface area contributed by atoms with Crippen molar-refractivity contribution in [2.75, 3.05) is 0 Å². The van der Waals surface area contributed by atoms with Crippen LogP contribution in [0.15, 0.2) is 207 Å². The fourth-order valence-electron chi connectivity index (χ4n) is 9.89. The van der Waals surface area contributed by atoms with E-state index in [1.807, 2.05) is 12.2 Å². The molecule has 0 radical (unpaired) electrons. The van der Waals surface area contributed by atoms with E-state index in [4.69, 9.17) is 0 Å². The number of hydrogen-bond acceptors (Lipinski definition) is 0. The molecule has 332 valence electrons. The zero-order valence-corrected chi connectivity index (χ0v) is 41.0. The van der Waals surface area contributed by atoms with E-state index in [1.54, 1.807) is 6.08 Å². The van der Waals surface area contributed by atoms with Crippen molar-refractivity contribution < 1.29 is 0 Å². The highest BCUT2D eigenvalue weighted by Crippen LogP contribution is 2.51. The summed E-state index contributed by atoms with van der Waals surface area (Å²) < 4.78 is 0. The molecular weight excluding hydrogens is 793 g/mol. The third-order valence-electron chi connectivity index (χ3n) is 13.7. The average molecular weight is 861 g/mol. The van der Waals surface area contributed by atoms with Gasteiger partial charge >= 0.3 is 0 Å². The van der Waals surface area contributed by atoms with Crippen LogP contribution in [-0.2, 0) is 17.3 Å². The molecule has 0 bridgehead atoms. The van der Waals surface area contributed by atoms with Gasteiger partial charge in [-0.05, 0) is 153 Å². The maximum Gasteiger partial charge on any atom is 0.0159 e. The molecule has 66 heavy (non-hydrogen) atoms. The van der Waals surface area contributed by atoms with Crippen molar-refractivity contribution in [3.05, 3.63) is 251 Å². The summed E-state index contributed by atoms with van der Waals surface area (Å²) in [7, 11) is 0. The fraction of sp³-hybridized carbons (Fsp3) is 0.212. The summed E-state index contributed by atoms with van der Waals surface area (Å²) in [6.45, 7) is 31.6. The smallest absolute Gasteiger partial charge is 0.0159 e. The molecular formula is C66H68. The highest BCUT2D eigenvalue weighted by molar-refractivity contribution is 5.87. The Labute approximate surface area is 397 Å². The van der Waals surface area contributed by atoms with Gasteiger partial charge in [0.05, 0.1) is 0 Å². The first kappa shape index (κ1) is 47.2. The molecule has 0 heteroatoms. The molecule has 0 fully saturated rings. The van der Waals surface area contributed by atoms with E-state index in [2.05, 4.69) is 240 Å². The van der Waals surface area contributed by atoms with Gasteiger partial charge in [-0.3, -0.25) is 0 Å². The van der Waals surface area contributed by atoms with Crippen molar-refractivity contribution in [3.63, 3.8) is 0 Å². The van der Waals surface area contributed by atoms with Gasteiger partial charge in [0.2, 0.25) is 0 Å². The first-order valence-corrected chi connectivity index (χ1v) is 23.7. The maximum absolute atomic E-state index is 3.91. The Bertz CT molecular complexity index is 2970. The van der Waals surface area contributed by atoms with E-state index < -0.39 is 0 Å². The molecule has 0 saturated heterocycles. The molecule has 7 aromatic carbocycles. The Morgan fingerprint density at radius 1 is 0.515 bits per heavy atom. The van der Waals surface area contributed by atoms with Crippen LogP contribution in [0, 0.1) is 20.8 Å². The summed E-state index contributed by atoms with van der Waals surface area (Å²) in [6, 6.07) is 53.9. The predicted octanol–water partition coefficient (Wildman–Crippen LogP) is 18.7. The normalized spacial score (nSPS) is 13.4. The molecule has 9 rings (SSSR count). The Hall–Kier alpha value is -6.76. The van der Waals surface area contributed by atoms with E-state index in [-0.39, 0.29) is 10.8 Å². The summed E-state index contributed by atoms with van der Waals surface area (Å²) >= 11 is 0. The van der Waals surface area contributed by atoms with Gasteiger partial charge in [0, 0.05) is 10.8 Å². The van der Waals surface area contributed by atoms with E-state index in [1.165, 1.54) is 100 Å². The van der Waals surface area contributed by atoms with Gasteiger partial charge in [0.25, 0.3) is 0 Å². The van der Waals surface area contributed by atoms with Crippen molar-refractivity contribution >= 4 is 0 Å². The molecule has 0 atom stereocenters. The van der Waals surface area contributed by atoms with E-state index in [0.29, 0.717) is 0 Å². The zero-order valence-electron chi connectivity index (χ0n) is 41.0. The van der Waals surface area contributed by atoms with Crippen molar-refractivity contribution in [2.45, 2.75) is 92.4 Å². The van der Waals surface area contributed by atoms with E-state index in [9.17, 15) is 0 Å². The van der Waals surface area contributed by atoms with Crippen molar-refractivity contribution in [1.82, 2.24) is 0 Å². The fourth-order valence-corrected chi connectivity index (χ4v) is 9.89. The highest BCUT2D eigenvalue weighted by atomic mass is 14.4. The Morgan fingerprint density at radius 2 is 1.02 bits per heavy atom. The summed E-state index contributed by atoms with van der Waals surface area (Å²) in [5.41, 5.74) is 26.8. The van der Waals surface area contributed by atoms with Gasteiger partial charge in [-0.1, -0.05) is 236 Å². The lowest BCUT2D eigenvalue weighted by Gasteiger charge is -2.23. The number of allylic oxidation sites excluding steroid dienone is 7. The molecule has 0 aliphatic heterocycles. The van der Waals surface area contributed by atoms with Crippen molar-refractivity contribution in [3.8, 4) is 55.6 Å². The standard InChI is InChI=1S/C33H32.C22H20.C11H16/c1-6-7-12-28-26(14-10-15-27(28)25-13-9-8-11-23(25)3)24-17-19-30-29-18-16-22(2)20-31(29)33(4,5)32(30)21-24;1-15-9-11-18-19-12-10-17(16-7-5-4-6-8-16)14-21(19)22(2,3)20(18)13-15;1-5-7-9-11(4)10(3)8-6-2/h6-11,13-21H,12H2,1-5H3;4-14H,1-3H3;5,7,9H,1,3-4,6,8H2,2H3/b7-6+;;9-7-. The third kappa shape index (κ3) is 9.61. The molecule has 2 aliphatic carbocycles. The summed E-state index contributed by atoms with van der Waals surface area (Å²) in [4.78, 5) is 0. The van der Waals surface area contributed by atoms with Gasteiger partial charge in [-0.25, -0.2) is 0 Å². The van der Waals surface area contributed by atoms with E-state index >= 15 is 0 Å². The molecule has 0 N–H and O–H groups in total. The van der Waals surface area contributed by atoms with E-state index in [0.717, 1.165) is 30.4 Å². The SMILES string of the molecule is C/C=C/Cc1c(-c2ccc3c(c2)C(C)(C)c2cc(C)ccc2-3)cccc1-c1ccccc1C.C=C/C=C\C(=C)C(=C)CCC.Cc1ccc2c(c1)C(C)(C)c1cc(-c3ccccc3)ccc1-2. The molecule has 0 aromatic heterocycles. The summed E-state index contributed by atoms with van der Waals surface area (Å²) in [5, 5.41) is 0. The molecule has 7 aromatic rings. The molecule has 0 nitrogen and oxygen atoms in total. The maximum atomic E-state index is 3.91. The third-order valence-corrected chi connectivity index (χ3v) is 13.7. The van der Waals surface area contributed by atoms with Crippen molar-refractivity contribution in [2.24, 2.45) is 0 Å². The predicted molar refractivity (Wildman–Crippen MR) is 290 cm³/mol. The van der Waals surface area contributed by atoms with Gasteiger partial charge in [-0.15, -0.1) is 0 Å². The molecule has 0 saturated carbocycles. The topological polar surface area (TPSA) is 0 Å². The van der Waals surface area contributed by atoms with Crippen LogP contribution in [0.1, 0.15) is 98.9 Å². The van der Waals surface area contributed by atoms with Crippen molar-refractivity contribution in [1.29, 1.82) is 0 Å². The first-order valence-electron chi connectivity index (χ1n) is 23.7. The van der Waals surface area contributed by atoms with Crippen LogP contribution in [0.5, 0.6) is 0 Å². The lowest BCUT2D eigenvalue weighted by atomic mass is 9.80. The minimum absolute atomic E-state index is 0.00378. The Morgan fingerprint density at radius 3 is 1.58 bits per heavy atom. The van der Waals surface area contributed by atoms with Crippen LogP contribution >= 0.6 is 0 Å². The first-order chi connectivity index (χ1) is 31.7. The second kappa shape index (κ2) is 20.2. The minimum Gasteiger partial charge on any atom is -0.0991 e. The lowest BCUT2D eigenvalue weighted by molar-refractivity contribution is 0.660. The largest absolute Gasteiger partial charge is 0.0991 e. The number of rotatable bonds is 10. The monoisotopic (exact) mass is 861 g/mol. The van der Waals surface area contributed by atoms with Crippen LogP contribution in [0.2, 0.25) is 0 Å². The molecule has 0 amide bonds. The number of benzene rings is 7. The average Bonchev–Trinajstić information content (AvgIpc) is 3.68. The molecule has 2 aliphatic rings. The highest BCUT2D eigenvalue weighted by Gasteiger charge is 2.37. The minimum atomic E-state index is 0.00378. The second-order valence-electron chi connectivity index (χ2n) is 19.1. The Balaban J connectivity index is 0.000000168. The molecule has 0 heterocycles. The molecule has 0 unspecified atom stereocenters. The van der Waals surface area contributed by atoms with Crippen LogP contribution in [0.25, 0.3) is 55.6 Å². The quantitative estimate of drug-likeness (QED) is 0.0949. The summed E-state index contributed by atoms with van der Waals surface area (Å²) in [5.74, 6) is 0. The number of aryl methyl sites for hydroxylation is 3. The Kier molecular flexibility index (Phi) is 14.4. The lowest BCUT2D eigenvalue weighted by Crippen LogP contribution is -2.15. The van der Waals surface area contributed by atoms with Gasteiger partial charge in [0.1, 0.15) is 0 Å². The molecule has 0 spiro atoms. The van der Waals surface area contributed by atoms with Crippen LogP contribution in [0.4, 0.5) is 0 Å². The van der Waals surface area contributed by atoms with Gasteiger partial charge < -0.3 is 0 Å². The van der Waals surface area contributed by atoms with Gasteiger partial charge in [0.15, 0.2) is 0 Å². The van der Waals surface area contributed by atoms with Gasteiger partial charge in [-0.2, -0.15) is 0 Å². The number of fused-ring (bicyclic) bond motifs is 6. The second-order valence-corrected chi connectivity index (χ2v) is 19.1. The zero-order chi connectivity index (χ0) is 47.2. The van der Waals surface area contributed by atoms with Crippen LogP contribution < -0.4 is 0 Å². The number of hydrogen-bond donors (Lipinski definition) is 0. The van der Waals surface area contributed by atoms with Crippen LogP contribution in [-0.4, -0.2) is 0 Å².